The highest BCUT2D eigenvalue weighted by Crippen LogP contribution is 2.29. The first-order chi connectivity index (χ1) is 10.5. The summed E-state index contributed by atoms with van der Waals surface area (Å²) in [6.45, 7) is 7.47. The molecule has 22 heavy (non-hydrogen) atoms. The molecule has 5 heteroatoms. The number of hydrogen-bond donors (Lipinski definition) is 0. The molecule has 5 nitrogen and oxygen atoms in total. The van der Waals surface area contributed by atoms with Gasteiger partial charge in [-0.15, -0.1) is 0 Å². The van der Waals surface area contributed by atoms with Crippen LogP contribution in [0.2, 0.25) is 0 Å². The Morgan fingerprint density at radius 1 is 1.18 bits per heavy atom. The molecule has 1 aliphatic heterocycles. The largest absolute Gasteiger partial charge is 0.292 e. The van der Waals surface area contributed by atoms with Crippen LogP contribution in [0.5, 0.6) is 0 Å². The highest BCUT2D eigenvalue weighted by molar-refractivity contribution is 6.03. The van der Waals surface area contributed by atoms with Crippen molar-refractivity contribution in [1.29, 1.82) is 0 Å². The molecule has 1 fully saturated rings. The molecule has 1 aliphatic rings. The van der Waals surface area contributed by atoms with Crippen molar-refractivity contribution in [2.45, 2.75) is 45.2 Å². The number of ketones is 1. The SMILES string of the molecule is CC(C)(C)N1CCCC1C(=O)c1ccccc1-n1nccn1. The van der Waals surface area contributed by atoms with Crippen molar-refractivity contribution in [3.8, 4) is 5.69 Å². The molecule has 0 aliphatic carbocycles. The van der Waals surface area contributed by atoms with E-state index in [2.05, 4.69) is 35.9 Å². The van der Waals surface area contributed by atoms with Gasteiger partial charge in [-0.25, -0.2) is 0 Å². The Balaban J connectivity index is 1.96. The number of aromatic nitrogens is 3. The Labute approximate surface area is 130 Å². The molecule has 1 atom stereocenters. The number of carbonyl (C=O) groups excluding carboxylic acids is 1. The van der Waals surface area contributed by atoms with E-state index >= 15 is 0 Å². The lowest BCUT2D eigenvalue weighted by atomic mass is 9.97. The van der Waals surface area contributed by atoms with Gasteiger partial charge in [-0.2, -0.15) is 15.0 Å². The van der Waals surface area contributed by atoms with Crippen molar-refractivity contribution in [2.75, 3.05) is 6.54 Å². The lowest BCUT2D eigenvalue weighted by molar-refractivity contribution is 0.0721. The first-order valence-corrected chi connectivity index (χ1v) is 7.75. The summed E-state index contributed by atoms with van der Waals surface area (Å²) < 4.78 is 0. The fourth-order valence-electron chi connectivity index (χ4n) is 3.22. The summed E-state index contributed by atoms with van der Waals surface area (Å²) in [5, 5.41) is 8.33. The fraction of sp³-hybridized carbons (Fsp3) is 0.471. The third-order valence-electron chi connectivity index (χ3n) is 4.22. The van der Waals surface area contributed by atoms with Crippen molar-refractivity contribution < 1.29 is 4.79 Å². The van der Waals surface area contributed by atoms with Crippen LogP contribution in [0.15, 0.2) is 36.7 Å². The summed E-state index contributed by atoms with van der Waals surface area (Å²) in [5.41, 5.74) is 1.44. The Kier molecular flexibility index (Phi) is 3.83. The number of hydrogen-bond acceptors (Lipinski definition) is 4. The van der Waals surface area contributed by atoms with E-state index in [1.54, 1.807) is 12.4 Å². The molecule has 0 bridgehead atoms. The first kappa shape index (κ1) is 14.9. The molecule has 0 radical (unpaired) electrons. The molecule has 2 aromatic rings. The molecule has 116 valence electrons. The van der Waals surface area contributed by atoms with E-state index in [1.807, 2.05) is 24.3 Å². The maximum absolute atomic E-state index is 13.1. The van der Waals surface area contributed by atoms with Crippen LogP contribution in [-0.4, -0.2) is 43.8 Å². The van der Waals surface area contributed by atoms with E-state index in [9.17, 15) is 4.79 Å². The third kappa shape index (κ3) is 2.68. The average molecular weight is 298 g/mol. The molecule has 3 rings (SSSR count). The predicted octanol–water partition coefficient (Wildman–Crippen LogP) is 2.71. The van der Waals surface area contributed by atoms with Crippen molar-refractivity contribution >= 4 is 5.78 Å². The molecule has 1 unspecified atom stereocenters. The van der Waals surface area contributed by atoms with Gasteiger partial charge in [-0.05, 0) is 52.3 Å². The van der Waals surface area contributed by atoms with Crippen molar-refractivity contribution in [3.63, 3.8) is 0 Å². The van der Waals surface area contributed by atoms with Gasteiger partial charge in [-0.1, -0.05) is 12.1 Å². The molecule has 1 aromatic heterocycles. The zero-order valence-electron chi connectivity index (χ0n) is 13.4. The van der Waals surface area contributed by atoms with Crippen LogP contribution in [0, 0.1) is 0 Å². The van der Waals surface area contributed by atoms with Gasteiger partial charge in [0.25, 0.3) is 0 Å². The van der Waals surface area contributed by atoms with Crippen LogP contribution in [0.3, 0.4) is 0 Å². The van der Waals surface area contributed by atoms with Crippen LogP contribution in [-0.2, 0) is 0 Å². The number of Topliss-reactive ketones (excluding diaryl/α,β-unsaturated/α-hetero) is 1. The van der Waals surface area contributed by atoms with E-state index < -0.39 is 0 Å². The van der Waals surface area contributed by atoms with E-state index in [0.717, 1.165) is 25.1 Å². The summed E-state index contributed by atoms with van der Waals surface area (Å²) in [6, 6.07) is 7.52. The second kappa shape index (κ2) is 5.65. The van der Waals surface area contributed by atoms with Gasteiger partial charge in [0.2, 0.25) is 0 Å². The Bertz CT molecular complexity index is 658. The molecule has 0 N–H and O–H groups in total. The molecule has 2 heterocycles. The minimum atomic E-state index is -0.0586. The van der Waals surface area contributed by atoms with Gasteiger partial charge < -0.3 is 0 Å². The number of para-hydroxylation sites is 1. The Hall–Kier alpha value is -2.01. The van der Waals surface area contributed by atoms with Crippen LogP contribution in [0.4, 0.5) is 0 Å². The molecule has 0 amide bonds. The minimum absolute atomic E-state index is 0.00425. The number of carbonyl (C=O) groups is 1. The molecule has 0 spiro atoms. The normalized spacial score (nSPS) is 19.5. The van der Waals surface area contributed by atoms with Crippen molar-refractivity contribution in [2.24, 2.45) is 0 Å². The standard InChI is InChI=1S/C17H22N4O/c1-17(2,3)20-12-6-9-15(20)16(22)13-7-4-5-8-14(13)21-18-10-11-19-21/h4-5,7-8,10-11,15H,6,9,12H2,1-3H3. The quantitative estimate of drug-likeness (QED) is 0.818. The maximum atomic E-state index is 13.1. The summed E-state index contributed by atoms with van der Waals surface area (Å²) in [4.78, 5) is 16.9. The highest BCUT2D eigenvalue weighted by Gasteiger charge is 2.38. The summed E-state index contributed by atoms with van der Waals surface area (Å²) in [6.07, 6.45) is 5.23. The van der Waals surface area contributed by atoms with E-state index in [1.165, 1.54) is 4.80 Å². The minimum Gasteiger partial charge on any atom is -0.292 e. The van der Waals surface area contributed by atoms with E-state index in [4.69, 9.17) is 0 Å². The first-order valence-electron chi connectivity index (χ1n) is 7.75. The lowest BCUT2D eigenvalue weighted by Crippen LogP contribution is -2.48. The third-order valence-corrected chi connectivity index (χ3v) is 4.22. The smallest absolute Gasteiger partial charge is 0.182 e. The molecular weight excluding hydrogens is 276 g/mol. The van der Waals surface area contributed by atoms with Gasteiger partial charge in [0.05, 0.1) is 24.1 Å². The molecular formula is C17H22N4O. The van der Waals surface area contributed by atoms with Crippen LogP contribution in [0.1, 0.15) is 44.0 Å². The number of likely N-dealkylation sites (tertiary alicyclic amines) is 1. The predicted molar refractivity (Wildman–Crippen MR) is 85.2 cm³/mol. The monoisotopic (exact) mass is 298 g/mol. The summed E-state index contributed by atoms with van der Waals surface area (Å²) >= 11 is 0. The van der Waals surface area contributed by atoms with Gasteiger partial charge in [0.15, 0.2) is 5.78 Å². The number of benzene rings is 1. The Morgan fingerprint density at radius 3 is 2.55 bits per heavy atom. The Morgan fingerprint density at radius 2 is 1.86 bits per heavy atom. The van der Waals surface area contributed by atoms with Crippen LogP contribution < -0.4 is 0 Å². The lowest BCUT2D eigenvalue weighted by Gasteiger charge is -2.36. The van der Waals surface area contributed by atoms with Crippen LogP contribution >= 0.6 is 0 Å². The van der Waals surface area contributed by atoms with Crippen molar-refractivity contribution in [1.82, 2.24) is 19.9 Å². The van der Waals surface area contributed by atoms with Gasteiger partial charge >= 0.3 is 0 Å². The van der Waals surface area contributed by atoms with Crippen LogP contribution in [0.25, 0.3) is 5.69 Å². The highest BCUT2D eigenvalue weighted by atomic mass is 16.1. The second-order valence-electron chi connectivity index (χ2n) is 6.72. The molecule has 1 saturated heterocycles. The van der Waals surface area contributed by atoms with Gasteiger partial charge in [0, 0.05) is 11.1 Å². The van der Waals surface area contributed by atoms with Gasteiger partial charge in [0.1, 0.15) is 0 Å². The summed E-state index contributed by atoms with van der Waals surface area (Å²) in [5.74, 6) is 0.167. The summed E-state index contributed by atoms with van der Waals surface area (Å²) in [7, 11) is 0. The van der Waals surface area contributed by atoms with E-state index in [0.29, 0.717) is 5.56 Å². The number of rotatable bonds is 3. The van der Waals surface area contributed by atoms with Gasteiger partial charge in [-0.3, -0.25) is 9.69 Å². The maximum Gasteiger partial charge on any atom is 0.182 e. The molecule has 1 aromatic carbocycles. The zero-order valence-corrected chi connectivity index (χ0v) is 13.4. The topological polar surface area (TPSA) is 51.0 Å². The zero-order chi connectivity index (χ0) is 15.7. The second-order valence-corrected chi connectivity index (χ2v) is 6.72. The average Bonchev–Trinajstić information content (AvgIpc) is 3.17. The molecule has 0 saturated carbocycles. The number of nitrogens with zero attached hydrogens (tertiary/aromatic N) is 4. The van der Waals surface area contributed by atoms with Crippen molar-refractivity contribution in [3.05, 3.63) is 42.2 Å². The fourth-order valence-corrected chi connectivity index (χ4v) is 3.22. The van der Waals surface area contributed by atoms with E-state index in [-0.39, 0.29) is 17.4 Å².